The number of nitriles is 2. The minimum atomic E-state index is -0.0629. The van der Waals surface area contributed by atoms with E-state index in [-0.39, 0.29) is 21.7 Å². The topological polar surface area (TPSA) is 47.6 Å². The molecule has 0 amide bonds. The molecule has 34 heavy (non-hydrogen) atoms. The highest BCUT2D eigenvalue weighted by molar-refractivity contribution is 5.52. The summed E-state index contributed by atoms with van der Waals surface area (Å²) >= 11 is 0. The fraction of sp³-hybridized carbons (Fsp3) is 0.562. The Kier molecular flexibility index (Phi) is 7.51. The predicted molar refractivity (Wildman–Crippen MR) is 145 cm³/mol. The predicted octanol–water partition coefficient (Wildman–Crippen LogP) is 8.41. The smallest absolute Gasteiger partial charge is 0.0991 e. The van der Waals surface area contributed by atoms with Crippen molar-refractivity contribution in [3.63, 3.8) is 0 Å². The second kappa shape index (κ2) is 9.23. The zero-order chi connectivity index (χ0) is 26.3. The summed E-state index contributed by atoms with van der Waals surface area (Å²) < 4.78 is 0. The standard InChI is InChI=1S/C32H44N2/c1-29(2,3)25-15-21(19-33)16-26(30(4,5)6)23(25)13-14-24-27(31(7,8)9)17-22(20-34)18-28(24)32(10,11)12/h15-18H,13-14H2,1-12H3. The first-order valence-corrected chi connectivity index (χ1v) is 12.5. The van der Waals surface area contributed by atoms with Crippen LogP contribution in [0.2, 0.25) is 0 Å². The monoisotopic (exact) mass is 456 g/mol. The molecule has 0 aliphatic carbocycles. The quantitative estimate of drug-likeness (QED) is 0.465. The second-order valence-corrected chi connectivity index (χ2v) is 13.8. The van der Waals surface area contributed by atoms with Gasteiger partial charge in [0.15, 0.2) is 0 Å². The van der Waals surface area contributed by atoms with Gasteiger partial charge in [0.2, 0.25) is 0 Å². The van der Waals surface area contributed by atoms with Gasteiger partial charge < -0.3 is 0 Å². The molecule has 0 heterocycles. The molecule has 2 aromatic carbocycles. The molecule has 2 heteroatoms. The van der Waals surface area contributed by atoms with E-state index < -0.39 is 0 Å². The van der Waals surface area contributed by atoms with Crippen molar-refractivity contribution in [2.75, 3.05) is 0 Å². The van der Waals surface area contributed by atoms with E-state index in [0.29, 0.717) is 0 Å². The molecule has 182 valence electrons. The number of hydrogen-bond acceptors (Lipinski definition) is 2. The highest BCUT2D eigenvalue weighted by Crippen LogP contribution is 2.39. The SMILES string of the molecule is CC(C)(C)c1cc(C#N)cc(C(C)(C)C)c1CCc1c(C(C)(C)C)cc(C#N)cc1C(C)(C)C. The Balaban J connectivity index is 2.82. The number of rotatable bonds is 3. The lowest BCUT2D eigenvalue weighted by Gasteiger charge is -2.33. The van der Waals surface area contributed by atoms with Gasteiger partial charge in [-0.3, -0.25) is 0 Å². The lowest BCUT2D eigenvalue weighted by Crippen LogP contribution is -2.24. The largest absolute Gasteiger partial charge is 0.192 e. The van der Waals surface area contributed by atoms with E-state index in [4.69, 9.17) is 0 Å². The van der Waals surface area contributed by atoms with Gasteiger partial charge in [-0.2, -0.15) is 10.5 Å². The normalized spacial score (nSPS) is 12.9. The summed E-state index contributed by atoms with van der Waals surface area (Å²) in [6.07, 6.45) is 1.81. The second-order valence-electron chi connectivity index (χ2n) is 13.8. The molecule has 0 bridgehead atoms. The van der Waals surface area contributed by atoms with E-state index in [2.05, 4.69) is 119 Å². The van der Waals surface area contributed by atoms with Gasteiger partial charge in [-0.15, -0.1) is 0 Å². The summed E-state index contributed by atoms with van der Waals surface area (Å²) in [4.78, 5) is 0. The highest BCUT2D eigenvalue weighted by Gasteiger charge is 2.29. The molecule has 0 saturated carbocycles. The molecule has 2 nitrogen and oxygen atoms in total. The van der Waals surface area contributed by atoms with Crippen molar-refractivity contribution in [2.24, 2.45) is 0 Å². The average Bonchev–Trinajstić information content (AvgIpc) is 2.68. The third kappa shape index (κ3) is 6.10. The summed E-state index contributed by atoms with van der Waals surface area (Å²) in [5, 5.41) is 19.5. The number of hydrogen-bond donors (Lipinski definition) is 0. The fourth-order valence-corrected chi connectivity index (χ4v) is 4.94. The van der Waals surface area contributed by atoms with E-state index in [1.165, 1.54) is 33.4 Å². The lowest BCUT2D eigenvalue weighted by atomic mass is 9.71. The van der Waals surface area contributed by atoms with Crippen molar-refractivity contribution in [3.05, 3.63) is 68.8 Å². The van der Waals surface area contributed by atoms with Crippen molar-refractivity contribution < 1.29 is 0 Å². The summed E-state index contributed by atoms with van der Waals surface area (Å²) in [6, 6.07) is 13.2. The first-order chi connectivity index (χ1) is 15.3. The van der Waals surface area contributed by atoms with Crippen molar-refractivity contribution in [1.29, 1.82) is 10.5 Å². The molecular weight excluding hydrogens is 412 g/mol. The number of benzene rings is 2. The molecule has 0 saturated heterocycles. The summed E-state index contributed by atoms with van der Waals surface area (Å²) in [5.74, 6) is 0. The molecule has 0 aromatic heterocycles. The van der Waals surface area contributed by atoms with Crippen LogP contribution in [0.4, 0.5) is 0 Å². The molecule has 0 aliphatic heterocycles. The van der Waals surface area contributed by atoms with Gasteiger partial charge in [0.05, 0.1) is 23.3 Å². The van der Waals surface area contributed by atoms with Crippen LogP contribution >= 0.6 is 0 Å². The van der Waals surface area contributed by atoms with Gasteiger partial charge in [0.1, 0.15) is 0 Å². The zero-order valence-corrected chi connectivity index (χ0v) is 23.6. The molecule has 0 atom stereocenters. The van der Waals surface area contributed by atoms with Crippen LogP contribution in [0.1, 0.15) is 128 Å². The van der Waals surface area contributed by atoms with Crippen LogP contribution in [0.3, 0.4) is 0 Å². The van der Waals surface area contributed by atoms with Crippen molar-refractivity contribution >= 4 is 0 Å². The molecule has 0 radical (unpaired) electrons. The van der Waals surface area contributed by atoms with Crippen molar-refractivity contribution in [2.45, 2.75) is 118 Å². The van der Waals surface area contributed by atoms with Gasteiger partial charge in [-0.25, -0.2) is 0 Å². The van der Waals surface area contributed by atoms with Crippen LogP contribution in [-0.2, 0) is 34.5 Å². The third-order valence-electron chi connectivity index (χ3n) is 6.62. The van der Waals surface area contributed by atoms with Crippen LogP contribution in [0.5, 0.6) is 0 Å². The maximum absolute atomic E-state index is 9.74. The lowest BCUT2D eigenvalue weighted by molar-refractivity contribution is 0.543. The molecule has 2 rings (SSSR count). The molecule has 0 unspecified atom stereocenters. The van der Waals surface area contributed by atoms with Crippen LogP contribution < -0.4 is 0 Å². The minimum absolute atomic E-state index is 0.0629. The fourth-order valence-electron chi connectivity index (χ4n) is 4.94. The van der Waals surface area contributed by atoms with E-state index in [9.17, 15) is 10.5 Å². The Hall–Kier alpha value is -2.58. The van der Waals surface area contributed by atoms with Gasteiger partial charge in [-0.05, 0) is 92.1 Å². The highest BCUT2D eigenvalue weighted by atomic mass is 14.3. The molecule has 0 fully saturated rings. The van der Waals surface area contributed by atoms with Crippen molar-refractivity contribution in [3.8, 4) is 12.1 Å². The van der Waals surface area contributed by atoms with E-state index in [1.807, 2.05) is 0 Å². The van der Waals surface area contributed by atoms with Crippen LogP contribution in [0, 0.1) is 22.7 Å². The first-order valence-electron chi connectivity index (χ1n) is 12.5. The van der Waals surface area contributed by atoms with Crippen LogP contribution in [0.25, 0.3) is 0 Å². The molecule has 0 spiro atoms. The van der Waals surface area contributed by atoms with Crippen molar-refractivity contribution in [1.82, 2.24) is 0 Å². The van der Waals surface area contributed by atoms with E-state index in [0.717, 1.165) is 24.0 Å². The zero-order valence-electron chi connectivity index (χ0n) is 23.6. The Morgan fingerprint density at radius 3 is 0.824 bits per heavy atom. The van der Waals surface area contributed by atoms with Crippen LogP contribution in [-0.4, -0.2) is 0 Å². The van der Waals surface area contributed by atoms with Gasteiger partial charge in [-0.1, -0.05) is 83.1 Å². The maximum atomic E-state index is 9.74. The van der Waals surface area contributed by atoms with E-state index in [1.54, 1.807) is 0 Å². The third-order valence-corrected chi connectivity index (χ3v) is 6.62. The molecular formula is C32H44N2. The average molecular weight is 457 g/mol. The number of nitrogens with zero attached hydrogens (tertiary/aromatic N) is 2. The molecule has 2 aromatic rings. The summed E-state index contributed by atoms with van der Waals surface area (Å²) in [7, 11) is 0. The van der Waals surface area contributed by atoms with E-state index >= 15 is 0 Å². The molecule has 0 aliphatic rings. The van der Waals surface area contributed by atoms with Crippen LogP contribution in [0.15, 0.2) is 24.3 Å². The summed E-state index contributed by atoms with van der Waals surface area (Å²) in [6.45, 7) is 26.9. The van der Waals surface area contributed by atoms with Gasteiger partial charge >= 0.3 is 0 Å². The minimum Gasteiger partial charge on any atom is -0.192 e. The van der Waals surface area contributed by atoms with Gasteiger partial charge in [0.25, 0.3) is 0 Å². The van der Waals surface area contributed by atoms with Gasteiger partial charge in [0, 0.05) is 0 Å². The Labute approximate surface area is 209 Å². The first kappa shape index (κ1) is 27.7. The Morgan fingerprint density at radius 1 is 0.471 bits per heavy atom. The Bertz CT molecular complexity index is 975. The Morgan fingerprint density at radius 2 is 0.676 bits per heavy atom. The molecule has 0 N–H and O–H groups in total. The maximum Gasteiger partial charge on any atom is 0.0991 e. The summed E-state index contributed by atoms with van der Waals surface area (Å²) in [5.41, 5.74) is 9.01.